The van der Waals surface area contributed by atoms with Crippen LogP contribution in [-0.4, -0.2) is 49.1 Å². The van der Waals surface area contributed by atoms with E-state index in [4.69, 9.17) is 4.74 Å². The molecule has 1 N–H and O–H groups in total. The second kappa shape index (κ2) is 7.48. The minimum absolute atomic E-state index is 0.108. The van der Waals surface area contributed by atoms with Crippen molar-refractivity contribution in [3.63, 3.8) is 0 Å². The average molecular weight is 270 g/mol. The summed E-state index contributed by atoms with van der Waals surface area (Å²) in [5.41, 5.74) is 0.242. The van der Waals surface area contributed by atoms with Gasteiger partial charge in [0.25, 0.3) is 0 Å². The van der Waals surface area contributed by atoms with Crippen molar-refractivity contribution in [2.45, 2.75) is 51.5 Å². The normalized spacial score (nSPS) is 18.8. The Morgan fingerprint density at radius 1 is 1.32 bits per heavy atom. The van der Waals surface area contributed by atoms with E-state index >= 15 is 0 Å². The monoisotopic (exact) mass is 270 g/mol. The SMILES string of the molecule is CCOC(=O)N1CCC12CCC2.CNCCC(C)=O. The number of likely N-dealkylation sites (tertiary alicyclic amines) is 1. The number of nitrogens with zero attached hydrogens (tertiary/aromatic N) is 1. The number of nitrogens with one attached hydrogen (secondary N) is 1. The van der Waals surface area contributed by atoms with Gasteiger partial charge in [0.2, 0.25) is 0 Å². The number of ketones is 1. The van der Waals surface area contributed by atoms with Crippen molar-refractivity contribution in [3.8, 4) is 0 Å². The smallest absolute Gasteiger partial charge is 0.410 e. The summed E-state index contributed by atoms with van der Waals surface area (Å²) in [4.78, 5) is 23.4. The molecule has 2 aliphatic rings. The third kappa shape index (κ3) is 4.20. The van der Waals surface area contributed by atoms with Crippen LogP contribution in [0.2, 0.25) is 0 Å². The molecule has 1 saturated heterocycles. The van der Waals surface area contributed by atoms with Gasteiger partial charge < -0.3 is 15.0 Å². The van der Waals surface area contributed by atoms with Crippen molar-refractivity contribution in [2.75, 3.05) is 26.7 Å². The van der Waals surface area contributed by atoms with Gasteiger partial charge in [-0.1, -0.05) is 0 Å². The summed E-state index contributed by atoms with van der Waals surface area (Å²) in [6, 6.07) is 0. The summed E-state index contributed by atoms with van der Waals surface area (Å²) >= 11 is 0. The zero-order valence-corrected chi connectivity index (χ0v) is 12.3. The van der Waals surface area contributed by atoms with E-state index in [2.05, 4.69) is 5.32 Å². The van der Waals surface area contributed by atoms with E-state index < -0.39 is 0 Å². The zero-order chi connectivity index (χ0) is 14.3. The summed E-state index contributed by atoms with van der Waals surface area (Å²) in [6.07, 6.45) is 5.37. The number of Topliss-reactive ketones (excluding diaryl/α,β-unsaturated/α-hetero) is 1. The van der Waals surface area contributed by atoms with Gasteiger partial charge in [0.05, 0.1) is 6.61 Å². The molecular formula is C14H26N2O3. The van der Waals surface area contributed by atoms with Gasteiger partial charge in [0.15, 0.2) is 0 Å². The topological polar surface area (TPSA) is 58.6 Å². The summed E-state index contributed by atoms with van der Waals surface area (Å²) < 4.78 is 4.96. The second-order valence-electron chi connectivity index (χ2n) is 5.23. The molecule has 1 amide bonds. The number of amides is 1. The van der Waals surface area contributed by atoms with Gasteiger partial charge in [-0.05, 0) is 46.6 Å². The Morgan fingerprint density at radius 2 is 2.00 bits per heavy atom. The van der Waals surface area contributed by atoms with Crippen LogP contribution in [0.4, 0.5) is 4.79 Å². The first-order valence-corrected chi connectivity index (χ1v) is 7.14. The van der Waals surface area contributed by atoms with Crippen LogP contribution < -0.4 is 5.32 Å². The third-order valence-corrected chi connectivity index (χ3v) is 3.87. The van der Waals surface area contributed by atoms with Gasteiger partial charge in [-0.15, -0.1) is 0 Å². The van der Waals surface area contributed by atoms with Crippen molar-refractivity contribution in [2.24, 2.45) is 0 Å². The van der Waals surface area contributed by atoms with Crippen LogP contribution >= 0.6 is 0 Å². The van der Waals surface area contributed by atoms with E-state index in [0.717, 1.165) is 13.1 Å². The van der Waals surface area contributed by atoms with Crippen molar-refractivity contribution < 1.29 is 14.3 Å². The van der Waals surface area contributed by atoms with Gasteiger partial charge in [-0.25, -0.2) is 4.79 Å². The molecular weight excluding hydrogens is 244 g/mol. The molecule has 5 heteroatoms. The summed E-state index contributed by atoms with van der Waals surface area (Å²) in [5.74, 6) is 0.245. The van der Waals surface area contributed by atoms with Crippen LogP contribution in [0, 0.1) is 0 Å². The number of hydrogen-bond acceptors (Lipinski definition) is 4. The molecule has 1 aliphatic heterocycles. The maximum Gasteiger partial charge on any atom is 0.410 e. The minimum atomic E-state index is -0.108. The fourth-order valence-electron chi connectivity index (χ4n) is 2.43. The molecule has 0 aromatic heterocycles. The molecule has 1 saturated carbocycles. The predicted molar refractivity (Wildman–Crippen MR) is 74.2 cm³/mol. The van der Waals surface area contributed by atoms with Crippen molar-refractivity contribution in [3.05, 3.63) is 0 Å². The molecule has 19 heavy (non-hydrogen) atoms. The van der Waals surface area contributed by atoms with Gasteiger partial charge in [0, 0.05) is 25.0 Å². The maximum absolute atomic E-state index is 11.3. The molecule has 1 aliphatic carbocycles. The molecule has 2 fully saturated rings. The molecule has 0 atom stereocenters. The first kappa shape index (κ1) is 16.0. The van der Waals surface area contributed by atoms with Crippen LogP contribution in [-0.2, 0) is 9.53 Å². The van der Waals surface area contributed by atoms with E-state index in [-0.39, 0.29) is 17.4 Å². The molecule has 0 aromatic rings. The number of ether oxygens (including phenoxy) is 1. The molecule has 1 heterocycles. The van der Waals surface area contributed by atoms with Crippen molar-refractivity contribution >= 4 is 11.9 Å². The predicted octanol–water partition coefficient (Wildman–Crippen LogP) is 1.96. The lowest BCUT2D eigenvalue weighted by Gasteiger charge is -2.57. The van der Waals surface area contributed by atoms with Crippen LogP contribution in [0.3, 0.4) is 0 Å². The van der Waals surface area contributed by atoms with Gasteiger partial charge in [0.1, 0.15) is 5.78 Å². The number of carbonyl (C=O) groups excluding carboxylic acids is 2. The Balaban J connectivity index is 0.000000224. The first-order chi connectivity index (χ1) is 9.05. The largest absolute Gasteiger partial charge is 0.450 e. The number of carbonyl (C=O) groups is 2. The Labute approximate surface area is 115 Å². The van der Waals surface area contributed by atoms with E-state index in [9.17, 15) is 9.59 Å². The highest BCUT2D eigenvalue weighted by atomic mass is 16.6. The molecule has 5 nitrogen and oxygen atoms in total. The van der Waals surface area contributed by atoms with Gasteiger partial charge in [-0.3, -0.25) is 4.79 Å². The van der Waals surface area contributed by atoms with Crippen LogP contribution in [0.25, 0.3) is 0 Å². The van der Waals surface area contributed by atoms with Crippen LogP contribution in [0.15, 0.2) is 0 Å². The minimum Gasteiger partial charge on any atom is -0.450 e. The quantitative estimate of drug-likeness (QED) is 0.848. The summed E-state index contributed by atoms with van der Waals surface area (Å²) in [7, 11) is 1.84. The van der Waals surface area contributed by atoms with Crippen LogP contribution in [0.5, 0.6) is 0 Å². The Kier molecular flexibility index (Phi) is 6.28. The fourth-order valence-corrected chi connectivity index (χ4v) is 2.43. The number of hydrogen-bond donors (Lipinski definition) is 1. The molecule has 110 valence electrons. The highest BCUT2D eigenvalue weighted by Gasteiger charge is 2.51. The first-order valence-electron chi connectivity index (χ1n) is 7.14. The zero-order valence-electron chi connectivity index (χ0n) is 12.3. The fraction of sp³-hybridized carbons (Fsp3) is 0.857. The van der Waals surface area contributed by atoms with Crippen molar-refractivity contribution in [1.82, 2.24) is 10.2 Å². The molecule has 0 radical (unpaired) electrons. The standard InChI is InChI=1S/C9H15NO2.C5H11NO/c1-2-12-8(11)10-7-6-9(10)4-3-5-9;1-5(7)3-4-6-2/h2-7H2,1H3;6H,3-4H2,1-2H3. The van der Waals surface area contributed by atoms with E-state index in [1.165, 1.54) is 25.7 Å². The van der Waals surface area contributed by atoms with Gasteiger partial charge >= 0.3 is 6.09 Å². The summed E-state index contributed by atoms with van der Waals surface area (Å²) in [5, 5.41) is 2.88. The third-order valence-electron chi connectivity index (χ3n) is 3.87. The second-order valence-corrected chi connectivity index (χ2v) is 5.23. The molecule has 1 spiro atoms. The highest BCUT2D eigenvalue weighted by molar-refractivity contribution is 5.75. The van der Waals surface area contributed by atoms with E-state index in [0.29, 0.717) is 13.0 Å². The lowest BCUT2D eigenvalue weighted by Crippen LogP contribution is -2.65. The van der Waals surface area contributed by atoms with Gasteiger partial charge in [-0.2, -0.15) is 0 Å². The lowest BCUT2D eigenvalue weighted by atomic mass is 9.68. The Hall–Kier alpha value is -1.10. The molecule has 0 unspecified atom stereocenters. The Bertz CT molecular complexity index is 308. The molecule has 0 bridgehead atoms. The van der Waals surface area contributed by atoms with Crippen LogP contribution in [0.1, 0.15) is 46.0 Å². The average Bonchev–Trinajstić information content (AvgIpc) is 2.24. The van der Waals surface area contributed by atoms with Crippen molar-refractivity contribution in [1.29, 1.82) is 0 Å². The summed E-state index contributed by atoms with van der Waals surface area (Å²) in [6.45, 7) is 5.64. The number of rotatable bonds is 4. The lowest BCUT2D eigenvalue weighted by molar-refractivity contribution is -0.116. The maximum atomic E-state index is 11.3. The molecule has 0 aromatic carbocycles. The highest BCUT2D eigenvalue weighted by Crippen LogP contribution is 2.47. The molecule has 2 rings (SSSR count). The Morgan fingerprint density at radius 3 is 2.26 bits per heavy atom. The van der Waals surface area contributed by atoms with E-state index in [1.807, 2.05) is 18.9 Å². The van der Waals surface area contributed by atoms with E-state index in [1.54, 1.807) is 6.92 Å².